The normalized spacial score (nSPS) is 10.4. The lowest BCUT2D eigenvalue weighted by atomic mass is 10.1. The summed E-state index contributed by atoms with van der Waals surface area (Å²) in [4.78, 5) is 11.3. The largest absolute Gasteiger partial charge is 0.465 e. The molecule has 1 aromatic carbocycles. The zero-order valence-electron chi connectivity index (χ0n) is 7.41. The van der Waals surface area contributed by atoms with Crippen molar-refractivity contribution < 1.29 is 13.9 Å². The molecule has 0 aliphatic carbocycles. The first kappa shape index (κ1) is 9.15. The van der Waals surface area contributed by atoms with Crippen LogP contribution in [0.25, 0.3) is 10.1 Å². The highest BCUT2D eigenvalue weighted by Crippen LogP contribution is 2.27. The molecule has 2 rings (SSSR count). The molecule has 1 aromatic heterocycles. The predicted molar refractivity (Wildman–Crippen MR) is 53.1 cm³/mol. The standard InChI is InChI=1S/C10H7FO2S/c1-13-10(12)7-2-3-8(11)9-6(7)4-5-14-9/h2-5H,1H3. The van der Waals surface area contributed by atoms with Crippen LogP contribution in [-0.2, 0) is 4.74 Å². The first-order valence-corrected chi connectivity index (χ1v) is 4.86. The highest BCUT2D eigenvalue weighted by Gasteiger charge is 2.13. The first-order chi connectivity index (χ1) is 6.74. The maximum Gasteiger partial charge on any atom is 0.338 e. The Morgan fingerprint density at radius 3 is 2.93 bits per heavy atom. The van der Waals surface area contributed by atoms with Crippen molar-refractivity contribution in [2.45, 2.75) is 0 Å². The second-order valence-corrected chi connectivity index (χ2v) is 3.67. The van der Waals surface area contributed by atoms with E-state index in [1.54, 1.807) is 11.4 Å². The summed E-state index contributed by atoms with van der Waals surface area (Å²) in [6.45, 7) is 0. The fraction of sp³-hybridized carbons (Fsp3) is 0.100. The van der Waals surface area contributed by atoms with Crippen molar-refractivity contribution >= 4 is 27.4 Å². The van der Waals surface area contributed by atoms with E-state index in [4.69, 9.17) is 0 Å². The average Bonchev–Trinajstić information content (AvgIpc) is 2.67. The van der Waals surface area contributed by atoms with Gasteiger partial charge in [0, 0.05) is 5.39 Å². The number of esters is 1. The van der Waals surface area contributed by atoms with E-state index in [2.05, 4.69) is 4.74 Å². The lowest BCUT2D eigenvalue weighted by molar-refractivity contribution is 0.0603. The maximum absolute atomic E-state index is 13.2. The lowest BCUT2D eigenvalue weighted by Crippen LogP contribution is -2.01. The van der Waals surface area contributed by atoms with Gasteiger partial charge in [0.2, 0.25) is 0 Å². The third kappa shape index (κ3) is 1.28. The minimum Gasteiger partial charge on any atom is -0.465 e. The van der Waals surface area contributed by atoms with Crippen molar-refractivity contribution in [3.63, 3.8) is 0 Å². The number of hydrogen-bond acceptors (Lipinski definition) is 3. The van der Waals surface area contributed by atoms with E-state index < -0.39 is 5.97 Å². The number of benzene rings is 1. The van der Waals surface area contributed by atoms with E-state index in [0.717, 1.165) is 0 Å². The Kier molecular flexibility index (Phi) is 2.21. The Bertz CT molecular complexity index is 490. The summed E-state index contributed by atoms with van der Waals surface area (Å²) in [5.74, 6) is -0.740. The van der Waals surface area contributed by atoms with Gasteiger partial charge in [-0.1, -0.05) is 0 Å². The van der Waals surface area contributed by atoms with Gasteiger partial charge >= 0.3 is 5.97 Å². The summed E-state index contributed by atoms with van der Waals surface area (Å²) in [7, 11) is 1.31. The number of rotatable bonds is 1. The van der Waals surface area contributed by atoms with Crippen molar-refractivity contribution in [2.75, 3.05) is 7.11 Å². The SMILES string of the molecule is COC(=O)c1ccc(F)c2sccc12. The number of halogens is 1. The molecule has 0 saturated heterocycles. The van der Waals surface area contributed by atoms with Crippen LogP contribution in [0.15, 0.2) is 23.6 Å². The Morgan fingerprint density at radius 1 is 1.43 bits per heavy atom. The van der Waals surface area contributed by atoms with Crippen molar-refractivity contribution in [3.8, 4) is 0 Å². The molecule has 0 aliphatic heterocycles. The maximum atomic E-state index is 13.2. The molecule has 0 amide bonds. The topological polar surface area (TPSA) is 26.3 Å². The van der Waals surface area contributed by atoms with Crippen LogP contribution in [0.3, 0.4) is 0 Å². The molecule has 2 nitrogen and oxygen atoms in total. The zero-order valence-corrected chi connectivity index (χ0v) is 8.23. The minimum absolute atomic E-state index is 0.303. The summed E-state index contributed by atoms with van der Waals surface area (Å²) >= 11 is 1.27. The average molecular weight is 210 g/mol. The van der Waals surface area contributed by atoms with Gasteiger partial charge in [-0.25, -0.2) is 9.18 Å². The van der Waals surface area contributed by atoms with Crippen LogP contribution < -0.4 is 0 Å². The molecule has 14 heavy (non-hydrogen) atoms. The van der Waals surface area contributed by atoms with Gasteiger partial charge in [0.25, 0.3) is 0 Å². The van der Waals surface area contributed by atoms with Crippen molar-refractivity contribution in [1.82, 2.24) is 0 Å². The molecule has 4 heteroatoms. The summed E-state index contributed by atoms with van der Waals surface area (Å²) in [6.07, 6.45) is 0. The zero-order chi connectivity index (χ0) is 10.1. The van der Waals surface area contributed by atoms with Crippen molar-refractivity contribution in [3.05, 3.63) is 35.0 Å². The number of ether oxygens (including phenoxy) is 1. The number of carbonyl (C=O) groups is 1. The van der Waals surface area contributed by atoms with Crippen LogP contribution in [0.4, 0.5) is 4.39 Å². The van der Waals surface area contributed by atoms with E-state index in [9.17, 15) is 9.18 Å². The van der Waals surface area contributed by atoms with Gasteiger partial charge in [-0.15, -0.1) is 11.3 Å². The van der Waals surface area contributed by atoms with Gasteiger partial charge in [0.05, 0.1) is 17.4 Å². The van der Waals surface area contributed by atoms with Gasteiger partial charge < -0.3 is 4.74 Å². The fourth-order valence-electron chi connectivity index (χ4n) is 1.32. The van der Waals surface area contributed by atoms with Gasteiger partial charge in [-0.3, -0.25) is 0 Å². The highest BCUT2D eigenvalue weighted by atomic mass is 32.1. The number of thiophene rings is 1. The lowest BCUT2D eigenvalue weighted by Gasteiger charge is -2.00. The second kappa shape index (κ2) is 3.38. The van der Waals surface area contributed by atoms with E-state index in [1.165, 1.54) is 30.6 Å². The van der Waals surface area contributed by atoms with Crippen LogP contribution in [-0.4, -0.2) is 13.1 Å². The Morgan fingerprint density at radius 2 is 2.21 bits per heavy atom. The number of carbonyl (C=O) groups excluding carboxylic acids is 1. The van der Waals surface area contributed by atoms with Crippen molar-refractivity contribution in [1.29, 1.82) is 0 Å². The Hall–Kier alpha value is -1.42. The number of fused-ring (bicyclic) bond motifs is 1. The molecule has 72 valence electrons. The molecule has 0 atom stereocenters. The van der Waals surface area contributed by atoms with Crippen LogP contribution in [0.5, 0.6) is 0 Å². The molecule has 0 saturated carbocycles. The second-order valence-electron chi connectivity index (χ2n) is 2.75. The molecule has 0 aliphatic rings. The van der Waals surface area contributed by atoms with E-state index in [-0.39, 0.29) is 5.82 Å². The Balaban J connectivity index is 2.72. The summed E-state index contributed by atoms with van der Waals surface area (Å²) in [6, 6.07) is 4.44. The van der Waals surface area contributed by atoms with E-state index in [1.807, 2.05) is 0 Å². The van der Waals surface area contributed by atoms with Crippen LogP contribution in [0.1, 0.15) is 10.4 Å². The molecule has 1 heterocycles. The molecule has 0 fully saturated rings. The van der Waals surface area contributed by atoms with Crippen LogP contribution in [0, 0.1) is 5.82 Å². The third-order valence-corrected chi connectivity index (χ3v) is 2.90. The van der Waals surface area contributed by atoms with Crippen molar-refractivity contribution in [2.24, 2.45) is 0 Å². The molecule has 2 aromatic rings. The summed E-state index contributed by atoms with van der Waals surface area (Å²) in [5.41, 5.74) is 0.408. The first-order valence-electron chi connectivity index (χ1n) is 3.98. The van der Waals surface area contributed by atoms with Gasteiger partial charge in [-0.05, 0) is 23.6 Å². The predicted octanol–water partition coefficient (Wildman–Crippen LogP) is 2.83. The smallest absolute Gasteiger partial charge is 0.338 e. The monoisotopic (exact) mass is 210 g/mol. The highest BCUT2D eigenvalue weighted by molar-refractivity contribution is 7.17. The molecule has 0 radical (unpaired) electrons. The Labute approximate surface area is 83.9 Å². The number of methoxy groups -OCH3 is 1. The quantitative estimate of drug-likeness (QED) is 0.676. The molecule has 0 bridgehead atoms. The van der Waals surface area contributed by atoms with E-state index >= 15 is 0 Å². The summed E-state index contributed by atoms with van der Waals surface area (Å²) < 4.78 is 18.3. The summed E-state index contributed by atoms with van der Waals surface area (Å²) in [5, 5.41) is 2.36. The molecule has 0 N–H and O–H groups in total. The number of hydrogen-bond donors (Lipinski definition) is 0. The third-order valence-electron chi connectivity index (χ3n) is 1.97. The van der Waals surface area contributed by atoms with Crippen LogP contribution in [0.2, 0.25) is 0 Å². The minimum atomic E-state index is -0.437. The van der Waals surface area contributed by atoms with Gasteiger partial charge in [-0.2, -0.15) is 0 Å². The van der Waals surface area contributed by atoms with Gasteiger partial charge in [0.1, 0.15) is 5.82 Å². The molecular formula is C10H7FO2S. The van der Waals surface area contributed by atoms with Gasteiger partial charge in [0.15, 0.2) is 0 Å². The van der Waals surface area contributed by atoms with Crippen LogP contribution >= 0.6 is 11.3 Å². The molecule has 0 unspecified atom stereocenters. The van der Waals surface area contributed by atoms with E-state index in [0.29, 0.717) is 15.6 Å². The fourth-order valence-corrected chi connectivity index (χ4v) is 2.14. The molecular weight excluding hydrogens is 203 g/mol. The molecule has 0 spiro atoms.